The number of hydrogen-bond acceptors (Lipinski definition) is 5. The normalized spacial score (nSPS) is 11.1. The zero-order valence-electron chi connectivity index (χ0n) is 15.7. The molecule has 8 nitrogen and oxygen atoms in total. The second-order valence-electron chi connectivity index (χ2n) is 6.86. The Morgan fingerprint density at radius 2 is 1.93 bits per heavy atom. The molecule has 8 heteroatoms. The van der Waals surface area contributed by atoms with E-state index < -0.39 is 10.7 Å². The number of oxazole rings is 1. The average Bonchev–Trinajstić information content (AvgIpc) is 2.96. The number of fused-ring (bicyclic) bond motifs is 1. The minimum absolute atomic E-state index is 0.174. The summed E-state index contributed by atoms with van der Waals surface area (Å²) in [5.74, 6) is -0.627. The van der Waals surface area contributed by atoms with Gasteiger partial charge in [0, 0.05) is 18.7 Å². The summed E-state index contributed by atoms with van der Waals surface area (Å²) in [6.07, 6.45) is 0.663. The predicted molar refractivity (Wildman–Crippen MR) is 104 cm³/mol. The fourth-order valence-corrected chi connectivity index (χ4v) is 2.93. The zero-order valence-corrected chi connectivity index (χ0v) is 15.7. The van der Waals surface area contributed by atoms with Crippen molar-refractivity contribution in [3.05, 3.63) is 74.3 Å². The Balaban J connectivity index is 1.63. The third-order valence-electron chi connectivity index (χ3n) is 4.55. The van der Waals surface area contributed by atoms with Crippen LogP contribution < -0.4 is 11.1 Å². The van der Waals surface area contributed by atoms with Crippen LogP contribution in [0.25, 0.3) is 11.1 Å². The molecule has 0 radical (unpaired) electrons. The van der Waals surface area contributed by atoms with E-state index in [2.05, 4.69) is 31.3 Å². The fourth-order valence-electron chi connectivity index (χ4n) is 2.93. The highest BCUT2D eigenvalue weighted by Gasteiger charge is 2.16. The van der Waals surface area contributed by atoms with Gasteiger partial charge in [0.05, 0.1) is 10.4 Å². The molecule has 3 rings (SSSR count). The molecule has 0 atom stereocenters. The van der Waals surface area contributed by atoms with Crippen LogP contribution in [-0.4, -0.2) is 21.9 Å². The number of carbonyl (C=O) groups is 1. The minimum atomic E-state index is -0.727. The van der Waals surface area contributed by atoms with Crippen LogP contribution in [0.1, 0.15) is 30.9 Å². The molecule has 3 aromatic rings. The lowest BCUT2D eigenvalue weighted by molar-refractivity contribution is -0.384. The van der Waals surface area contributed by atoms with Gasteiger partial charge in [0.15, 0.2) is 5.58 Å². The summed E-state index contributed by atoms with van der Waals surface area (Å²) in [6, 6.07) is 12.1. The van der Waals surface area contributed by atoms with E-state index in [1.807, 2.05) is 12.1 Å². The number of aromatic nitrogens is 1. The van der Waals surface area contributed by atoms with Gasteiger partial charge in [0.1, 0.15) is 6.54 Å². The van der Waals surface area contributed by atoms with Crippen molar-refractivity contribution in [2.75, 3.05) is 6.54 Å². The summed E-state index contributed by atoms with van der Waals surface area (Å²) in [5.41, 5.74) is 2.61. The van der Waals surface area contributed by atoms with Gasteiger partial charge >= 0.3 is 5.76 Å². The van der Waals surface area contributed by atoms with Gasteiger partial charge in [-0.3, -0.25) is 19.5 Å². The molecule has 1 heterocycles. The first-order chi connectivity index (χ1) is 13.3. The van der Waals surface area contributed by atoms with Crippen LogP contribution in [0, 0.1) is 10.1 Å². The first-order valence-electron chi connectivity index (χ1n) is 8.98. The number of hydrogen-bond donors (Lipinski definition) is 1. The van der Waals surface area contributed by atoms with Crippen molar-refractivity contribution in [1.82, 2.24) is 9.88 Å². The molecule has 0 unspecified atom stereocenters. The van der Waals surface area contributed by atoms with Gasteiger partial charge < -0.3 is 9.73 Å². The van der Waals surface area contributed by atoms with Crippen LogP contribution in [0.15, 0.2) is 51.7 Å². The van der Waals surface area contributed by atoms with E-state index in [0.717, 1.165) is 10.1 Å². The zero-order chi connectivity index (χ0) is 20.3. The van der Waals surface area contributed by atoms with Gasteiger partial charge in [-0.2, -0.15) is 0 Å². The van der Waals surface area contributed by atoms with E-state index in [9.17, 15) is 19.7 Å². The second kappa shape index (κ2) is 8.08. The molecule has 0 saturated heterocycles. The monoisotopic (exact) mass is 383 g/mol. The van der Waals surface area contributed by atoms with Crippen molar-refractivity contribution in [3.63, 3.8) is 0 Å². The third kappa shape index (κ3) is 4.28. The van der Waals surface area contributed by atoms with Crippen LogP contribution in [0.4, 0.5) is 5.69 Å². The molecule has 0 bridgehead atoms. The SMILES string of the molecule is CC(C)c1ccc(CCNC(=O)Cn2c(=O)oc3ccc([N+](=O)[O-])cc32)cc1. The Labute approximate surface area is 160 Å². The summed E-state index contributed by atoms with van der Waals surface area (Å²) in [6.45, 7) is 4.42. The van der Waals surface area contributed by atoms with Gasteiger partial charge in [-0.05, 0) is 29.5 Å². The molecule has 1 amide bonds. The molecule has 146 valence electrons. The van der Waals surface area contributed by atoms with Gasteiger partial charge in [-0.25, -0.2) is 4.79 Å². The van der Waals surface area contributed by atoms with Crippen LogP contribution in [0.3, 0.4) is 0 Å². The van der Waals surface area contributed by atoms with Crippen molar-refractivity contribution < 1.29 is 14.1 Å². The number of nitro benzene ring substituents is 1. The maximum Gasteiger partial charge on any atom is 0.420 e. The number of amides is 1. The van der Waals surface area contributed by atoms with Gasteiger partial charge in [0.2, 0.25) is 5.91 Å². The van der Waals surface area contributed by atoms with E-state index in [1.165, 1.54) is 23.8 Å². The van der Waals surface area contributed by atoms with Crippen molar-refractivity contribution in [2.45, 2.75) is 32.7 Å². The largest absolute Gasteiger partial charge is 0.420 e. The number of nitrogens with zero attached hydrogens (tertiary/aromatic N) is 2. The molecule has 1 N–H and O–H groups in total. The van der Waals surface area contributed by atoms with Crippen molar-refractivity contribution in [2.24, 2.45) is 0 Å². The molecular formula is C20H21N3O5. The number of nitrogens with one attached hydrogen (secondary N) is 1. The van der Waals surface area contributed by atoms with Gasteiger partial charge in [-0.1, -0.05) is 38.1 Å². The summed E-state index contributed by atoms with van der Waals surface area (Å²) in [5, 5.41) is 13.7. The Hall–Kier alpha value is -3.42. The van der Waals surface area contributed by atoms with Crippen molar-refractivity contribution in [1.29, 1.82) is 0 Å². The second-order valence-corrected chi connectivity index (χ2v) is 6.86. The Morgan fingerprint density at radius 3 is 2.57 bits per heavy atom. The first-order valence-corrected chi connectivity index (χ1v) is 8.98. The van der Waals surface area contributed by atoms with Gasteiger partial charge in [-0.15, -0.1) is 0 Å². The smallest absolute Gasteiger partial charge is 0.408 e. The highest BCUT2D eigenvalue weighted by molar-refractivity contribution is 5.80. The molecule has 1 aromatic heterocycles. The van der Waals surface area contributed by atoms with E-state index in [-0.39, 0.29) is 29.2 Å². The summed E-state index contributed by atoms with van der Waals surface area (Å²) < 4.78 is 6.14. The Morgan fingerprint density at radius 1 is 1.21 bits per heavy atom. The minimum Gasteiger partial charge on any atom is -0.408 e. The van der Waals surface area contributed by atoms with Crippen LogP contribution in [-0.2, 0) is 17.8 Å². The predicted octanol–water partition coefficient (Wildman–Crippen LogP) is 2.99. The lowest BCUT2D eigenvalue weighted by Crippen LogP contribution is -2.32. The quantitative estimate of drug-likeness (QED) is 0.498. The molecular weight excluding hydrogens is 362 g/mol. The number of rotatable bonds is 7. The number of non-ortho nitro benzene ring substituents is 1. The highest BCUT2D eigenvalue weighted by atomic mass is 16.6. The molecule has 0 spiro atoms. The number of benzene rings is 2. The van der Waals surface area contributed by atoms with E-state index >= 15 is 0 Å². The van der Waals surface area contributed by atoms with Crippen molar-refractivity contribution in [3.8, 4) is 0 Å². The lowest BCUT2D eigenvalue weighted by Gasteiger charge is -2.08. The summed E-state index contributed by atoms with van der Waals surface area (Å²) in [4.78, 5) is 34.6. The van der Waals surface area contributed by atoms with Crippen LogP contribution in [0.5, 0.6) is 0 Å². The van der Waals surface area contributed by atoms with E-state index in [1.54, 1.807) is 0 Å². The summed E-state index contributed by atoms with van der Waals surface area (Å²) in [7, 11) is 0. The topological polar surface area (TPSA) is 107 Å². The van der Waals surface area contributed by atoms with Crippen molar-refractivity contribution >= 4 is 22.7 Å². The number of nitro groups is 1. The molecule has 0 aliphatic heterocycles. The van der Waals surface area contributed by atoms with Crippen LogP contribution >= 0.6 is 0 Å². The molecule has 28 heavy (non-hydrogen) atoms. The van der Waals surface area contributed by atoms with E-state index in [0.29, 0.717) is 18.9 Å². The van der Waals surface area contributed by atoms with E-state index in [4.69, 9.17) is 4.42 Å². The average molecular weight is 383 g/mol. The van der Waals surface area contributed by atoms with Crippen LogP contribution in [0.2, 0.25) is 0 Å². The lowest BCUT2D eigenvalue weighted by atomic mass is 10.0. The summed E-state index contributed by atoms with van der Waals surface area (Å²) >= 11 is 0. The maximum absolute atomic E-state index is 12.2. The Kier molecular flexibility index (Phi) is 5.58. The Bertz CT molecular complexity index is 1060. The van der Waals surface area contributed by atoms with Gasteiger partial charge in [0.25, 0.3) is 5.69 Å². The molecule has 2 aromatic carbocycles. The molecule has 0 aliphatic rings. The standard InChI is InChI=1S/C20H21N3O5/c1-13(2)15-5-3-14(4-6-15)9-10-21-19(24)12-22-17-11-16(23(26)27)7-8-18(17)28-20(22)25/h3-8,11,13H,9-10,12H2,1-2H3,(H,21,24). The molecule has 0 fully saturated rings. The fraction of sp³-hybridized carbons (Fsp3) is 0.300. The number of carbonyl (C=O) groups excluding carboxylic acids is 1. The maximum atomic E-state index is 12.2. The third-order valence-corrected chi connectivity index (χ3v) is 4.55. The highest BCUT2D eigenvalue weighted by Crippen LogP contribution is 2.20. The molecule has 0 saturated carbocycles. The first kappa shape index (κ1) is 19.3. The molecule has 0 aliphatic carbocycles.